The van der Waals surface area contributed by atoms with Crippen LogP contribution in [0.25, 0.3) is 0 Å². The Bertz CT molecular complexity index is 729. The molecule has 0 saturated heterocycles. The average molecular weight is 314 g/mol. The van der Waals surface area contributed by atoms with Crippen LogP contribution >= 0.6 is 0 Å². The highest BCUT2D eigenvalue weighted by Crippen LogP contribution is 2.30. The summed E-state index contributed by atoms with van der Waals surface area (Å²) in [5.74, 6) is -0.0169. The number of imidazole rings is 1. The third-order valence-corrected chi connectivity index (χ3v) is 4.61. The summed E-state index contributed by atoms with van der Waals surface area (Å²) in [5, 5.41) is 7.37. The molecule has 0 spiro atoms. The lowest BCUT2D eigenvalue weighted by molar-refractivity contribution is -0.123. The van der Waals surface area contributed by atoms with Crippen molar-refractivity contribution in [2.75, 3.05) is 6.54 Å². The van der Waals surface area contributed by atoms with Crippen molar-refractivity contribution in [2.24, 2.45) is 14.1 Å². The Hall–Kier alpha value is -2.15. The summed E-state index contributed by atoms with van der Waals surface area (Å²) in [4.78, 5) is 19.5. The number of nitrogens with one attached hydrogen (secondary N) is 1. The molecule has 0 bridgehead atoms. The van der Waals surface area contributed by atoms with Gasteiger partial charge in [0, 0.05) is 51.5 Å². The summed E-state index contributed by atoms with van der Waals surface area (Å²) in [7, 11) is 3.89. The maximum absolute atomic E-state index is 12.7. The predicted molar refractivity (Wildman–Crippen MR) is 84.4 cm³/mol. The molecule has 1 aliphatic heterocycles. The third-order valence-electron chi connectivity index (χ3n) is 4.61. The minimum atomic E-state index is -0.150. The van der Waals surface area contributed by atoms with E-state index in [9.17, 15) is 4.79 Å². The second-order valence-electron chi connectivity index (χ2n) is 6.71. The third kappa shape index (κ3) is 2.88. The van der Waals surface area contributed by atoms with E-state index in [0.717, 1.165) is 49.4 Å². The molecule has 1 atom stereocenters. The van der Waals surface area contributed by atoms with E-state index < -0.39 is 0 Å². The molecular formula is C16H22N6O. The minimum Gasteiger partial charge on any atom is -0.353 e. The van der Waals surface area contributed by atoms with Gasteiger partial charge in [0.05, 0.1) is 29.8 Å². The van der Waals surface area contributed by atoms with Crippen LogP contribution < -0.4 is 5.32 Å². The van der Waals surface area contributed by atoms with E-state index in [1.165, 1.54) is 0 Å². The molecule has 1 amide bonds. The van der Waals surface area contributed by atoms with Gasteiger partial charge in [0.25, 0.3) is 0 Å². The molecule has 1 fully saturated rings. The first-order valence-corrected chi connectivity index (χ1v) is 8.10. The predicted octanol–water partition coefficient (Wildman–Crippen LogP) is 0.532. The maximum Gasteiger partial charge on any atom is 0.230 e. The second-order valence-corrected chi connectivity index (χ2v) is 6.71. The molecule has 3 heterocycles. The lowest BCUT2D eigenvalue weighted by Crippen LogP contribution is -2.42. The Morgan fingerprint density at radius 2 is 2.22 bits per heavy atom. The van der Waals surface area contributed by atoms with Gasteiger partial charge in [0.2, 0.25) is 5.91 Å². The highest BCUT2D eigenvalue weighted by Gasteiger charge is 2.36. The van der Waals surface area contributed by atoms with Crippen molar-refractivity contribution < 1.29 is 4.79 Å². The minimum absolute atomic E-state index is 0.133. The molecule has 7 heteroatoms. The zero-order valence-corrected chi connectivity index (χ0v) is 13.6. The first-order valence-electron chi connectivity index (χ1n) is 8.10. The van der Waals surface area contributed by atoms with Crippen molar-refractivity contribution in [2.45, 2.75) is 37.9 Å². The van der Waals surface area contributed by atoms with Crippen molar-refractivity contribution in [1.29, 1.82) is 0 Å². The standard InChI is InChI=1S/C16H22N6O/c1-20-10-17-14-9-22(7-11-5-18-21(2)6-11)8-13(15(14)20)16(23)19-12-3-4-12/h5-6,10,12-13H,3-4,7-9H2,1-2H3,(H,19,23). The number of carbonyl (C=O) groups is 1. The van der Waals surface area contributed by atoms with Crippen molar-refractivity contribution in [3.05, 3.63) is 35.7 Å². The number of fused-ring (bicyclic) bond motifs is 1. The summed E-state index contributed by atoms with van der Waals surface area (Å²) in [6.07, 6.45) is 7.93. The highest BCUT2D eigenvalue weighted by atomic mass is 16.2. The lowest BCUT2D eigenvalue weighted by atomic mass is 9.96. The first-order chi connectivity index (χ1) is 11.1. The molecule has 23 heavy (non-hydrogen) atoms. The van der Waals surface area contributed by atoms with E-state index >= 15 is 0 Å². The number of nitrogens with zero attached hydrogens (tertiary/aromatic N) is 5. The zero-order chi connectivity index (χ0) is 16.0. The van der Waals surface area contributed by atoms with Crippen LogP contribution in [0.4, 0.5) is 0 Å². The molecule has 2 aromatic rings. The van der Waals surface area contributed by atoms with E-state index in [1.807, 2.05) is 42.1 Å². The molecule has 122 valence electrons. The normalized spacial score (nSPS) is 21.2. The lowest BCUT2D eigenvalue weighted by Gasteiger charge is -2.32. The molecular weight excluding hydrogens is 292 g/mol. The number of carbonyl (C=O) groups excluding carboxylic acids is 1. The zero-order valence-electron chi connectivity index (χ0n) is 13.6. The number of hydrogen-bond donors (Lipinski definition) is 1. The van der Waals surface area contributed by atoms with Crippen molar-refractivity contribution in [3.8, 4) is 0 Å². The molecule has 2 aromatic heterocycles. The topological polar surface area (TPSA) is 68.0 Å². The van der Waals surface area contributed by atoms with E-state index in [4.69, 9.17) is 0 Å². The summed E-state index contributed by atoms with van der Waals surface area (Å²) in [6.45, 7) is 2.29. The van der Waals surface area contributed by atoms with Gasteiger partial charge in [0.1, 0.15) is 0 Å². The number of aromatic nitrogens is 4. The van der Waals surface area contributed by atoms with Crippen LogP contribution in [0.2, 0.25) is 0 Å². The van der Waals surface area contributed by atoms with E-state index in [0.29, 0.717) is 6.04 Å². The molecule has 4 rings (SSSR count). The Kier molecular flexibility index (Phi) is 3.45. The molecule has 2 aliphatic rings. The average Bonchev–Trinajstić information content (AvgIpc) is 3.13. The van der Waals surface area contributed by atoms with Crippen LogP contribution in [-0.2, 0) is 32.0 Å². The molecule has 1 saturated carbocycles. The molecule has 1 unspecified atom stereocenters. The fraction of sp³-hybridized carbons (Fsp3) is 0.562. The summed E-state index contributed by atoms with van der Waals surface area (Å²) >= 11 is 0. The molecule has 1 N–H and O–H groups in total. The SMILES string of the molecule is Cn1cc(CN2Cc3ncn(C)c3C(C(=O)NC3CC3)C2)cn1. The molecule has 0 radical (unpaired) electrons. The Morgan fingerprint density at radius 3 is 2.91 bits per heavy atom. The van der Waals surface area contributed by atoms with E-state index in [2.05, 4.69) is 20.3 Å². The molecule has 0 aromatic carbocycles. The van der Waals surface area contributed by atoms with Crippen molar-refractivity contribution in [1.82, 2.24) is 29.5 Å². The smallest absolute Gasteiger partial charge is 0.230 e. The van der Waals surface area contributed by atoms with Crippen LogP contribution in [0.15, 0.2) is 18.7 Å². The van der Waals surface area contributed by atoms with Gasteiger partial charge < -0.3 is 9.88 Å². The number of aryl methyl sites for hydroxylation is 2. The van der Waals surface area contributed by atoms with E-state index in [-0.39, 0.29) is 11.8 Å². The Balaban J connectivity index is 1.56. The van der Waals surface area contributed by atoms with Gasteiger partial charge in [-0.05, 0) is 12.8 Å². The van der Waals surface area contributed by atoms with Gasteiger partial charge in [-0.2, -0.15) is 5.10 Å². The Labute approximate surface area is 135 Å². The summed E-state index contributed by atoms with van der Waals surface area (Å²) in [5.41, 5.74) is 3.23. The summed E-state index contributed by atoms with van der Waals surface area (Å²) in [6, 6.07) is 0.382. The van der Waals surface area contributed by atoms with Crippen molar-refractivity contribution in [3.63, 3.8) is 0 Å². The Morgan fingerprint density at radius 1 is 1.39 bits per heavy atom. The van der Waals surface area contributed by atoms with Crippen LogP contribution in [0, 0.1) is 0 Å². The van der Waals surface area contributed by atoms with Gasteiger partial charge in [0.15, 0.2) is 0 Å². The van der Waals surface area contributed by atoms with Crippen molar-refractivity contribution >= 4 is 5.91 Å². The highest BCUT2D eigenvalue weighted by molar-refractivity contribution is 5.84. The number of rotatable bonds is 4. The second kappa shape index (κ2) is 5.49. The largest absolute Gasteiger partial charge is 0.353 e. The summed E-state index contributed by atoms with van der Waals surface area (Å²) < 4.78 is 3.80. The van der Waals surface area contributed by atoms with Gasteiger partial charge in [-0.25, -0.2) is 4.98 Å². The fourth-order valence-corrected chi connectivity index (χ4v) is 3.35. The van der Waals surface area contributed by atoms with Crippen LogP contribution in [0.1, 0.15) is 35.7 Å². The van der Waals surface area contributed by atoms with Gasteiger partial charge in [-0.3, -0.25) is 14.4 Å². The molecule has 7 nitrogen and oxygen atoms in total. The van der Waals surface area contributed by atoms with E-state index in [1.54, 1.807) is 0 Å². The van der Waals surface area contributed by atoms with Gasteiger partial charge in [-0.15, -0.1) is 0 Å². The fourth-order valence-electron chi connectivity index (χ4n) is 3.35. The first kappa shape index (κ1) is 14.4. The van der Waals surface area contributed by atoms with Gasteiger partial charge >= 0.3 is 0 Å². The monoisotopic (exact) mass is 314 g/mol. The number of hydrogen-bond acceptors (Lipinski definition) is 4. The quantitative estimate of drug-likeness (QED) is 0.894. The number of amides is 1. The van der Waals surface area contributed by atoms with Crippen LogP contribution in [0.3, 0.4) is 0 Å². The molecule has 1 aliphatic carbocycles. The maximum atomic E-state index is 12.7. The van der Waals surface area contributed by atoms with Crippen LogP contribution in [0.5, 0.6) is 0 Å². The van der Waals surface area contributed by atoms with Gasteiger partial charge in [-0.1, -0.05) is 0 Å². The van der Waals surface area contributed by atoms with Crippen LogP contribution in [-0.4, -0.2) is 42.7 Å².